The fourth-order valence-corrected chi connectivity index (χ4v) is 5.56. The Balaban J connectivity index is 1.61. The summed E-state index contributed by atoms with van der Waals surface area (Å²) in [5.41, 5.74) is 2.16. The van der Waals surface area contributed by atoms with Crippen LogP contribution in [0.4, 0.5) is 20.2 Å². The molecule has 10 heteroatoms. The number of fused-ring (bicyclic) bond motifs is 1. The van der Waals surface area contributed by atoms with E-state index >= 15 is 0 Å². The summed E-state index contributed by atoms with van der Waals surface area (Å²) in [6, 6.07) is 7.09. The average molecular weight is 477 g/mol. The summed E-state index contributed by atoms with van der Waals surface area (Å²) >= 11 is 0. The van der Waals surface area contributed by atoms with Crippen LogP contribution in [-0.4, -0.2) is 42.7 Å². The molecular weight excluding hydrogens is 450 g/mol. The molecule has 1 aliphatic carbocycles. The van der Waals surface area contributed by atoms with Gasteiger partial charge in [-0.2, -0.15) is 0 Å². The van der Waals surface area contributed by atoms with Gasteiger partial charge in [0.2, 0.25) is 10.0 Å². The number of benzene rings is 1. The Morgan fingerprint density at radius 2 is 1.85 bits per heavy atom. The van der Waals surface area contributed by atoms with E-state index in [0.717, 1.165) is 22.2 Å². The zero-order valence-electron chi connectivity index (χ0n) is 18.5. The fourth-order valence-electron chi connectivity index (χ4n) is 4.93. The van der Waals surface area contributed by atoms with E-state index in [2.05, 4.69) is 14.6 Å². The Kier molecular flexibility index (Phi) is 4.86. The second-order valence-electron chi connectivity index (χ2n) is 9.11. The number of rotatable bonds is 5. The lowest BCUT2D eigenvalue weighted by molar-refractivity contribution is 0.0537. The molecule has 3 aromatic rings. The minimum Gasteiger partial charge on any atom is -0.371 e. The Bertz CT molecular complexity index is 1400. The summed E-state index contributed by atoms with van der Waals surface area (Å²) in [5, 5.41) is 0.719. The number of halogens is 2. The molecule has 5 rings (SSSR count). The number of anilines is 2. The zero-order valence-corrected chi connectivity index (χ0v) is 19.3. The van der Waals surface area contributed by atoms with Crippen molar-refractivity contribution < 1.29 is 17.2 Å². The maximum absolute atomic E-state index is 13.9. The minimum atomic E-state index is -3.48. The van der Waals surface area contributed by atoms with Crippen molar-refractivity contribution in [2.75, 3.05) is 28.5 Å². The number of sulfonamides is 1. The number of H-pyrrole nitrogens is 1. The molecule has 0 atom stereocenters. The lowest BCUT2D eigenvalue weighted by atomic mass is 9.91. The molecule has 2 aliphatic rings. The summed E-state index contributed by atoms with van der Waals surface area (Å²) in [6.45, 7) is 2.54. The van der Waals surface area contributed by atoms with Gasteiger partial charge in [0.05, 0.1) is 5.75 Å². The Morgan fingerprint density at radius 1 is 1.15 bits per heavy atom. The Morgan fingerprint density at radius 3 is 2.48 bits per heavy atom. The summed E-state index contributed by atoms with van der Waals surface area (Å²) in [7, 11) is -1.82. The summed E-state index contributed by atoms with van der Waals surface area (Å²) < 4.78 is 56.2. The molecular formula is C23H26F2N4O3S. The second kappa shape index (κ2) is 7.31. The summed E-state index contributed by atoms with van der Waals surface area (Å²) in [5.74, 6) is -2.63. The van der Waals surface area contributed by atoms with Gasteiger partial charge in [0.1, 0.15) is 5.52 Å². The lowest BCUT2D eigenvalue weighted by Crippen LogP contribution is -2.36. The van der Waals surface area contributed by atoms with Crippen LogP contribution < -0.4 is 15.2 Å². The van der Waals surface area contributed by atoms with Crippen LogP contribution in [0.2, 0.25) is 0 Å². The van der Waals surface area contributed by atoms with E-state index in [4.69, 9.17) is 0 Å². The number of hydrogen-bond acceptors (Lipinski definition) is 4. The van der Waals surface area contributed by atoms with E-state index in [1.54, 1.807) is 38.5 Å². The molecule has 176 valence electrons. The van der Waals surface area contributed by atoms with Crippen molar-refractivity contribution in [1.82, 2.24) is 9.55 Å². The van der Waals surface area contributed by atoms with Crippen molar-refractivity contribution in [3.63, 3.8) is 0 Å². The molecule has 1 saturated carbocycles. The van der Waals surface area contributed by atoms with Gasteiger partial charge < -0.3 is 14.5 Å². The van der Waals surface area contributed by atoms with Crippen molar-refractivity contribution in [2.24, 2.45) is 12.5 Å². The van der Waals surface area contributed by atoms with Crippen LogP contribution in [0, 0.1) is 5.41 Å². The van der Waals surface area contributed by atoms with E-state index in [1.165, 1.54) is 4.57 Å². The number of piperidine rings is 1. The molecule has 0 bridgehead atoms. The van der Waals surface area contributed by atoms with Gasteiger partial charge >= 0.3 is 0 Å². The number of hydrogen-bond donors (Lipinski definition) is 2. The topological polar surface area (TPSA) is 87.2 Å². The van der Waals surface area contributed by atoms with E-state index in [-0.39, 0.29) is 17.7 Å². The van der Waals surface area contributed by atoms with Crippen LogP contribution in [0.5, 0.6) is 0 Å². The van der Waals surface area contributed by atoms with Gasteiger partial charge in [0.25, 0.3) is 11.5 Å². The molecule has 0 radical (unpaired) electrons. The van der Waals surface area contributed by atoms with Crippen LogP contribution in [0.1, 0.15) is 26.2 Å². The number of aromatic nitrogens is 2. The van der Waals surface area contributed by atoms with Crippen LogP contribution in [-0.2, 0) is 17.1 Å². The van der Waals surface area contributed by atoms with Gasteiger partial charge in [0.15, 0.2) is 0 Å². The maximum atomic E-state index is 13.9. The molecule has 2 N–H and O–H groups in total. The normalized spacial score (nSPS) is 19.2. The van der Waals surface area contributed by atoms with E-state index in [0.29, 0.717) is 37.1 Å². The predicted octanol–water partition coefficient (Wildman–Crippen LogP) is 3.92. The van der Waals surface area contributed by atoms with Crippen molar-refractivity contribution in [2.45, 2.75) is 32.1 Å². The number of aromatic amines is 1. The van der Waals surface area contributed by atoms with Gasteiger partial charge in [0, 0.05) is 72.3 Å². The van der Waals surface area contributed by atoms with Gasteiger partial charge in [-0.15, -0.1) is 0 Å². The first kappa shape index (κ1) is 21.9. The molecule has 1 aromatic carbocycles. The molecule has 1 aliphatic heterocycles. The van der Waals surface area contributed by atoms with E-state index in [9.17, 15) is 22.0 Å². The lowest BCUT2D eigenvalue weighted by Gasteiger charge is -2.35. The van der Waals surface area contributed by atoms with Crippen molar-refractivity contribution in [3.05, 3.63) is 47.0 Å². The predicted molar refractivity (Wildman–Crippen MR) is 126 cm³/mol. The van der Waals surface area contributed by atoms with Gasteiger partial charge in [-0.1, -0.05) is 0 Å². The fraction of sp³-hybridized carbons (Fsp3) is 0.435. The van der Waals surface area contributed by atoms with E-state index in [1.807, 2.05) is 12.1 Å². The number of pyridine rings is 1. The van der Waals surface area contributed by atoms with Crippen molar-refractivity contribution >= 4 is 32.3 Å². The average Bonchev–Trinajstić information content (AvgIpc) is 3.10. The zero-order chi connectivity index (χ0) is 23.6. The third kappa shape index (κ3) is 3.60. The Labute approximate surface area is 190 Å². The Hall–Kier alpha value is -2.88. The number of nitrogens with one attached hydrogen (secondary N) is 2. The number of nitrogens with zero attached hydrogens (tertiary/aromatic N) is 2. The van der Waals surface area contributed by atoms with Crippen molar-refractivity contribution in [3.8, 4) is 11.1 Å². The molecule has 33 heavy (non-hydrogen) atoms. The molecule has 0 unspecified atom stereocenters. The van der Waals surface area contributed by atoms with E-state index < -0.39 is 21.4 Å². The SMILES string of the molecule is CCS(=O)(=O)Nc1ccc(N2CCC3(CC2)CC3(F)F)c(-c2cn(C)c(=O)c3[nH]ccc23)c1. The molecule has 1 spiro atoms. The smallest absolute Gasteiger partial charge is 0.274 e. The van der Waals surface area contributed by atoms with Crippen LogP contribution in [0.25, 0.3) is 22.0 Å². The molecule has 3 heterocycles. The molecule has 2 aromatic heterocycles. The van der Waals surface area contributed by atoms with Crippen molar-refractivity contribution in [1.29, 1.82) is 0 Å². The molecule has 2 fully saturated rings. The third-order valence-electron chi connectivity index (χ3n) is 7.11. The van der Waals surface area contributed by atoms with Crippen LogP contribution >= 0.6 is 0 Å². The quantitative estimate of drug-likeness (QED) is 0.584. The standard InChI is InChI=1S/C23H26F2N4O3S/c1-3-33(31,32)27-15-4-5-19(29-10-7-22(8-11-29)14-23(22,24)25)17(12-15)18-13-28(2)21(30)20-16(18)6-9-26-20/h4-6,9,12-13,26-27H,3,7-8,10-11,14H2,1-2H3. The van der Waals surface area contributed by atoms with Gasteiger partial charge in [-0.25, -0.2) is 17.2 Å². The highest BCUT2D eigenvalue weighted by atomic mass is 32.2. The van der Waals surface area contributed by atoms with Gasteiger partial charge in [-0.3, -0.25) is 9.52 Å². The number of aryl methyl sites for hydroxylation is 1. The first-order valence-electron chi connectivity index (χ1n) is 11.0. The second-order valence-corrected chi connectivity index (χ2v) is 11.1. The minimum absolute atomic E-state index is 0.0385. The first-order chi connectivity index (χ1) is 15.6. The highest BCUT2D eigenvalue weighted by Gasteiger charge is 2.70. The molecule has 1 saturated heterocycles. The van der Waals surface area contributed by atoms with Crippen LogP contribution in [0.15, 0.2) is 41.5 Å². The third-order valence-corrected chi connectivity index (χ3v) is 8.41. The summed E-state index contributed by atoms with van der Waals surface area (Å²) in [4.78, 5) is 17.6. The molecule has 7 nitrogen and oxygen atoms in total. The maximum Gasteiger partial charge on any atom is 0.274 e. The highest BCUT2D eigenvalue weighted by Crippen LogP contribution is 2.66. The summed E-state index contributed by atoms with van der Waals surface area (Å²) in [6.07, 6.45) is 4.21. The van der Waals surface area contributed by atoms with Gasteiger partial charge in [-0.05, 0) is 44.0 Å². The largest absolute Gasteiger partial charge is 0.371 e. The molecule has 0 amide bonds. The monoisotopic (exact) mass is 476 g/mol. The van der Waals surface area contributed by atoms with Crippen LogP contribution in [0.3, 0.4) is 0 Å². The number of alkyl halides is 2. The highest BCUT2D eigenvalue weighted by molar-refractivity contribution is 7.92. The first-order valence-corrected chi connectivity index (χ1v) is 12.7.